The van der Waals surface area contributed by atoms with Gasteiger partial charge in [-0.2, -0.15) is 0 Å². The lowest BCUT2D eigenvalue weighted by molar-refractivity contribution is -0.123. The van der Waals surface area contributed by atoms with Gasteiger partial charge in [0.25, 0.3) is 0 Å². The highest BCUT2D eigenvalue weighted by atomic mass is 35.5. The van der Waals surface area contributed by atoms with Crippen molar-refractivity contribution in [2.45, 2.75) is 25.6 Å². The van der Waals surface area contributed by atoms with Crippen LogP contribution in [0, 0.1) is 0 Å². The first-order valence-electron chi connectivity index (χ1n) is 7.25. The number of halogens is 2. The van der Waals surface area contributed by atoms with E-state index in [1.807, 2.05) is 29.0 Å². The van der Waals surface area contributed by atoms with E-state index in [-0.39, 0.29) is 43.2 Å². The summed E-state index contributed by atoms with van der Waals surface area (Å²) in [5, 5.41) is 2.92. The number of nitrogens with two attached hydrogens (primary N) is 1. The lowest BCUT2D eigenvalue weighted by atomic mass is 10.1. The van der Waals surface area contributed by atoms with Crippen LogP contribution in [0.25, 0.3) is 0 Å². The third kappa shape index (κ3) is 6.88. The molecule has 0 fully saturated rings. The molecule has 0 aliphatic rings. The van der Waals surface area contributed by atoms with Crippen molar-refractivity contribution in [3.05, 3.63) is 54.1 Å². The molecule has 0 spiro atoms. The minimum Gasteiger partial charge on any atom is -0.380 e. The molecule has 3 N–H and O–H groups in total. The highest BCUT2D eigenvalue weighted by Crippen LogP contribution is 2.10. The first-order valence-corrected chi connectivity index (χ1v) is 7.25. The zero-order chi connectivity index (χ0) is 15.8. The normalized spacial score (nSPS) is 11.1. The maximum absolute atomic E-state index is 11.9. The number of carbonyl (C=O) groups is 1. The quantitative estimate of drug-likeness (QED) is 0.737. The van der Waals surface area contributed by atoms with Crippen LogP contribution in [0.5, 0.6) is 0 Å². The van der Waals surface area contributed by atoms with Crippen molar-refractivity contribution >= 4 is 30.7 Å². The van der Waals surface area contributed by atoms with Crippen molar-refractivity contribution < 1.29 is 9.53 Å². The van der Waals surface area contributed by atoms with Crippen LogP contribution in [0.1, 0.15) is 17.5 Å². The second-order valence-electron chi connectivity index (χ2n) is 5.08. The van der Waals surface area contributed by atoms with E-state index < -0.39 is 0 Å². The van der Waals surface area contributed by atoms with Crippen LogP contribution < -0.4 is 11.1 Å². The Kier molecular flexibility index (Phi) is 11.1. The first-order chi connectivity index (χ1) is 10.7. The molecule has 0 bridgehead atoms. The molecule has 1 amide bonds. The monoisotopic (exact) mass is 374 g/mol. The Hall–Kier alpha value is -1.60. The summed E-state index contributed by atoms with van der Waals surface area (Å²) >= 11 is 0. The van der Waals surface area contributed by atoms with Gasteiger partial charge in [-0.25, -0.2) is 4.98 Å². The number of benzene rings is 1. The minimum atomic E-state index is -0.235. The van der Waals surface area contributed by atoms with Crippen LogP contribution in [0.2, 0.25) is 0 Å². The maximum atomic E-state index is 11.9. The predicted octanol–water partition coefficient (Wildman–Crippen LogP) is 1.76. The van der Waals surface area contributed by atoms with E-state index in [0.717, 1.165) is 17.7 Å². The third-order valence-corrected chi connectivity index (χ3v) is 3.52. The summed E-state index contributed by atoms with van der Waals surface area (Å²) in [6, 6.07) is 8.03. The molecule has 0 saturated heterocycles. The number of aromatic nitrogens is 2. The lowest BCUT2D eigenvalue weighted by Crippen LogP contribution is -2.32. The second-order valence-corrected chi connectivity index (χ2v) is 5.08. The van der Waals surface area contributed by atoms with Gasteiger partial charge in [0.1, 0.15) is 0 Å². The molecule has 6 nitrogen and oxygen atoms in total. The van der Waals surface area contributed by atoms with Crippen LogP contribution in [0.3, 0.4) is 0 Å². The summed E-state index contributed by atoms with van der Waals surface area (Å²) in [4.78, 5) is 16.0. The molecule has 0 aliphatic heterocycles. The Morgan fingerprint density at radius 3 is 2.62 bits per heavy atom. The van der Waals surface area contributed by atoms with Gasteiger partial charge in [-0.1, -0.05) is 24.3 Å². The Balaban J connectivity index is 0.00000264. The number of amides is 1. The summed E-state index contributed by atoms with van der Waals surface area (Å²) in [6.45, 7) is 1.56. The number of ether oxygens (including phenoxy) is 1. The average Bonchev–Trinajstić information content (AvgIpc) is 3.04. The number of hydrogen-bond acceptors (Lipinski definition) is 4. The Labute approximate surface area is 154 Å². The topological polar surface area (TPSA) is 82.2 Å². The Morgan fingerprint density at radius 1 is 1.33 bits per heavy atom. The van der Waals surface area contributed by atoms with Crippen molar-refractivity contribution in [2.75, 3.05) is 13.7 Å². The van der Waals surface area contributed by atoms with Crippen LogP contribution in [-0.2, 0) is 22.6 Å². The summed E-state index contributed by atoms with van der Waals surface area (Å²) in [7, 11) is 1.56. The van der Waals surface area contributed by atoms with Gasteiger partial charge in [-0.3, -0.25) is 4.79 Å². The van der Waals surface area contributed by atoms with E-state index >= 15 is 0 Å². The van der Waals surface area contributed by atoms with Gasteiger partial charge in [0, 0.05) is 39.1 Å². The van der Waals surface area contributed by atoms with Crippen molar-refractivity contribution in [3.63, 3.8) is 0 Å². The van der Waals surface area contributed by atoms with Crippen LogP contribution in [-0.4, -0.2) is 35.2 Å². The number of hydrogen-bond donors (Lipinski definition) is 2. The number of nitrogens with zero attached hydrogens (tertiary/aromatic N) is 2. The standard InChI is InChI=1S/C16H22N4O2.2ClH/c1-22-15(9-17)8-16(21)19-10-13-4-2-3-5-14(13)11-20-7-6-18-12-20;;/h2-7,12,15H,8-11,17H2,1H3,(H,19,21);2*1H. The zero-order valence-electron chi connectivity index (χ0n) is 13.6. The van der Waals surface area contributed by atoms with Crippen LogP contribution >= 0.6 is 24.8 Å². The highest BCUT2D eigenvalue weighted by Gasteiger charge is 2.11. The van der Waals surface area contributed by atoms with Crippen molar-refractivity contribution in [3.8, 4) is 0 Å². The van der Waals surface area contributed by atoms with Gasteiger partial charge in [-0.15, -0.1) is 24.8 Å². The first kappa shape index (κ1) is 22.4. The van der Waals surface area contributed by atoms with Gasteiger partial charge < -0.3 is 20.4 Å². The zero-order valence-corrected chi connectivity index (χ0v) is 15.2. The molecule has 0 aliphatic carbocycles. The fourth-order valence-electron chi connectivity index (χ4n) is 2.20. The van der Waals surface area contributed by atoms with Crippen molar-refractivity contribution in [1.29, 1.82) is 0 Å². The third-order valence-electron chi connectivity index (χ3n) is 3.52. The van der Waals surface area contributed by atoms with Crippen molar-refractivity contribution in [2.24, 2.45) is 5.73 Å². The Morgan fingerprint density at radius 2 is 2.04 bits per heavy atom. The average molecular weight is 375 g/mol. The number of methoxy groups -OCH3 is 1. The molecular weight excluding hydrogens is 351 g/mol. The van der Waals surface area contributed by atoms with Crippen LogP contribution in [0.15, 0.2) is 43.0 Å². The fourth-order valence-corrected chi connectivity index (χ4v) is 2.20. The van der Waals surface area contributed by atoms with E-state index in [4.69, 9.17) is 10.5 Å². The minimum absolute atomic E-state index is 0. The van der Waals surface area contributed by atoms with Gasteiger partial charge in [0.15, 0.2) is 0 Å². The smallest absolute Gasteiger partial charge is 0.222 e. The number of rotatable bonds is 8. The van der Waals surface area contributed by atoms with Gasteiger partial charge >= 0.3 is 0 Å². The fraction of sp³-hybridized carbons (Fsp3) is 0.375. The molecule has 1 aromatic heterocycles. The molecule has 2 aromatic rings. The van der Waals surface area contributed by atoms with E-state index in [1.54, 1.807) is 19.6 Å². The summed E-state index contributed by atoms with van der Waals surface area (Å²) < 4.78 is 7.12. The van der Waals surface area contributed by atoms with E-state index in [0.29, 0.717) is 13.1 Å². The SMILES string of the molecule is COC(CN)CC(=O)NCc1ccccc1Cn1ccnc1.Cl.Cl. The molecule has 0 saturated carbocycles. The summed E-state index contributed by atoms with van der Waals surface area (Å²) in [5.74, 6) is -0.0604. The highest BCUT2D eigenvalue weighted by molar-refractivity contribution is 5.85. The molecule has 1 atom stereocenters. The summed E-state index contributed by atoms with van der Waals surface area (Å²) in [5.41, 5.74) is 7.77. The lowest BCUT2D eigenvalue weighted by Gasteiger charge is -2.14. The summed E-state index contributed by atoms with van der Waals surface area (Å²) in [6.07, 6.45) is 5.49. The van der Waals surface area contributed by atoms with Gasteiger partial charge in [0.2, 0.25) is 5.91 Å². The molecule has 2 rings (SSSR count). The largest absolute Gasteiger partial charge is 0.380 e. The van der Waals surface area contributed by atoms with E-state index in [2.05, 4.69) is 16.4 Å². The molecule has 1 heterocycles. The van der Waals surface area contributed by atoms with Gasteiger partial charge in [0.05, 0.1) is 18.9 Å². The van der Waals surface area contributed by atoms with E-state index in [9.17, 15) is 4.79 Å². The molecular formula is C16H24Cl2N4O2. The molecule has 8 heteroatoms. The number of carbonyl (C=O) groups excluding carboxylic acids is 1. The second kappa shape index (κ2) is 11.9. The molecule has 24 heavy (non-hydrogen) atoms. The predicted molar refractivity (Wildman–Crippen MR) is 98.6 cm³/mol. The van der Waals surface area contributed by atoms with Crippen LogP contribution in [0.4, 0.5) is 0 Å². The maximum Gasteiger partial charge on any atom is 0.222 e. The van der Waals surface area contributed by atoms with Crippen molar-refractivity contribution in [1.82, 2.24) is 14.9 Å². The molecule has 1 unspecified atom stereocenters. The van der Waals surface area contributed by atoms with Gasteiger partial charge in [-0.05, 0) is 11.1 Å². The van der Waals surface area contributed by atoms with E-state index in [1.165, 1.54) is 0 Å². The Bertz CT molecular complexity index is 590. The number of nitrogens with one attached hydrogen (secondary N) is 1. The molecule has 134 valence electrons. The number of imidazole rings is 1. The molecule has 0 radical (unpaired) electrons. The molecule has 1 aromatic carbocycles.